The number of methoxy groups -OCH3 is 1. The third kappa shape index (κ3) is 4.89. The summed E-state index contributed by atoms with van der Waals surface area (Å²) in [4.78, 5) is 26.6. The highest BCUT2D eigenvalue weighted by Gasteiger charge is 2.20. The van der Waals surface area contributed by atoms with E-state index in [2.05, 4.69) is 0 Å². The van der Waals surface area contributed by atoms with Gasteiger partial charge in [-0.15, -0.1) is 11.8 Å². The Balaban J connectivity index is 1.73. The Morgan fingerprint density at radius 2 is 1.89 bits per heavy atom. The van der Waals surface area contributed by atoms with Gasteiger partial charge in [-0.2, -0.15) is 0 Å². The molecule has 2 amide bonds. The number of nitrogens with two attached hydrogens (primary N) is 1. The van der Waals surface area contributed by atoms with Crippen molar-refractivity contribution in [2.24, 2.45) is 5.73 Å². The molecule has 0 fully saturated rings. The van der Waals surface area contributed by atoms with Gasteiger partial charge >= 0.3 is 0 Å². The van der Waals surface area contributed by atoms with Crippen LogP contribution in [0.2, 0.25) is 0 Å². The highest BCUT2D eigenvalue weighted by atomic mass is 32.2. The molecule has 0 aliphatic carbocycles. The molecule has 0 radical (unpaired) electrons. The lowest BCUT2D eigenvalue weighted by Gasteiger charge is -2.24. The number of carbonyl (C=O) groups excluding carboxylic acids is 2. The summed E-state index contributed by atoms with van der Waals surface area (Å²) in [6.45, 7) is 1.23. The zero-order valence-electron chi connectivity index (χ0n) is 15.6. The fraction of sp³-hybridized carbons (Fsp3) is 0.300. The van der Waals surface area contributed by atoms with Crippen LogP contribution in [0.4, 0.5) is 5.69 Å². The number of ether oxygens (including phenoxy) is 3. The van der Waals surface area contributed by atoms with E-state index in [4.69, 9.17) is 19.9 Å². The Kier molecular flexibility index (Phi) is 6.65. The molecule has 0 unspecified atom stereocenters. The number of rotatable bonds is 8. The smallest absolute Gasteiger partial charge is 0.237 e. The Bertz CT molecular complexity index is 858. The minimum atomic E-state index is -0.466. The molecule has 0 aromatic heterocycles. The minimum absolute atomic E-state index is 0.0679. The van der Waals surface area contributed by atoms with Crippen molar-refractivity contribution in [1.29, 1.82) is 0 Å². The zero-order valence-corrected chi connectivity index (χ0v) is 16.4. The number of nitrogens with zero attached hydrogens (tertiary/aromatic N) is 1. The molecule has 0 saturated carbocycles. The predicted molar refractivity (Wildman–Crippen MR) is 107 cm³/mol. The van der Waals surface area contributed by atoms with Crippen molar-refractivity contribution in [3.8, 4) is 17.2 Å². The van der Waals surface area contributed by atoms with Gasteiger partial charge in [0.05, 0.1) is 18.6 Å². The van der Waals surface area contributed by atoms with E-state index >= 15 is 0 Å². The lowest BCUT2D eigenvalue weighted by atomic mass is 10.2. The third-order valence-corrected chi connectivity index (χ3v) is 5.11. The number of benzene rings is 2. The van der Waals surface area contributed by atoms with E-state index in [1.54, 1.807) is 19.2 Å². The summed E-state index contributed by atoms with van der Waals surface area (Å²) in [5, 5.41) is 0. The first-order chi connectivity index (χ1) is 13.6. The average Bonchev–Trinajstić information content (AvgIpc) is 2.72. The fourth-order valence-corrected chi connectivity index (χ4v) is 3.59. The van der Waals surface area contributed by atoms with Crippen LogP contribution in [0.5, 0.6) is 17.2 Å². The highest BCUT2D eigenvalue weighted by Crippen LogP contribution is 2.35. The molecule has 0 bridgehead atoms. The largest absolute Gasteiger partial charge is 0.495 e. The summed E-state index contributed by atoms with van der Waals surface area (Å²) in [7, 11) is 1.54. The van der Waals surface area contributed by atoms with Gasteiger partial charge in [-0.25, -0.2) is 0 Å². The molecule has 3 rings (SSSR count). The summed E-state index contributed by atoms with van der Waals surface area (Å²) < 4.78 is 16.5. The van der Waals surface area contributed by atoms with Crippen LogP contribution in [0.25, 0.3) is 0 Å². The summed E-state index contributed by atoms with van der Waals surface area (Å²) in [6.07, 6.45) is 0.0679. The molecule has 2 aromatic rings. The van der Waals surface area contributed by atoms with E-state index < -0.39 is 5.91 Å². The van der Waals surface area contributed by atoms with Crippen LogP contribution >= 0.6 is 11.8 Å². The number of amides is 2. The maximum absolute atomic E-state index is 12.9. The van der Waals surface area contributed by atoms with Crippen LogP contribution in [0, 0.1) is 0 Å². The van der Waals surface area contributed by atoms with E-state index in [1.165, 1.54) is 16.7 Å². The number of thioether (sulfide) groups is 1. The van der Waals surface area contributed by atoms with Crippen LogP contribution in [0.15, 0.2) is 47.4 Å². The quantitative estimate of drug-likeness (QED) is 0.682. The molecule has 148 valence electrons. The number of hydrogen-bond donors (Lipinski definition) is 1. The van der Waals surface area contributed by atoms with E-state index in [1.807, 2.05) is 30.3 Å². The van der Waals surface area contributed by atoms with Crippen molar-refractivity contribution < 1.29 is 23.8 Å². The number of carbonyl (C=O) groups is 2. The van der Waals surface area contributed by atoms with Gasteiger partial charge in [-0.05, 0) is 30.3 Å². The Labute approximate surface area is 167 Å². The first kappa shape index (κ1) is 19.9. The second-order valence-corrected chi connectivity index (χ2v) is 7.08. The molecule has 1 aliphatic rings. The summed E-state index contributed by atoms with van der Waals surface area (Å²) in [5.41, 5.74) is 5.89. The Morgan fingerprint density at radius 3 is 2.64 bits per heavy atom. The molecule has 1 aliphatic heterocycles. The molecule has 0 spiro atoms. The average molecular weight is 402 g/mol. The Morgan fingerprint density at radius 1 is 1.14 bits per heavy atom. The number of para-hydroxylation sites is 2. The molecule has 1 heterocycles. The van der Waals surface area contributed by atoms with Crippen LogP contribution < -0.4 is 24.8 Å². The van der Waals surface area contributed by atoms with Gasteiger partial charge < -0.3 is 24.8 Å². The summed E-state index contributed by atoms with van der Waals surface area (Å²) in [6, 6.07) is 12.8. The van der Waals surface area contributed by atoms with E-state index in [9.17, 15) is 9.59 Å². The fourth-order valence-electron chi connectivity index (χ4n) is 2.79. The Hall–Kier alpha value is -2.87. The minimum Gasteiger partial charge on any atom is -0.495 e. The zero-order chi connectivity index (χ0) is 19.9. The van der Waals surface area contributed by atoms with E-state index in [0.29, 0.717) is 36.1 Å². The van der Waals surface area contributed by atoms with Crippen LogP contribution in [0.1, 0.15) is 6.42 Å². The van der Waals surface area contributed by atoms with Crippen molar-refractivity contribution >= 4 is 29.3 Å². The maximum Gasteiger partial charge on any atom is 0.237 e. The second kappa shape index (κ2) is 9.36. The van der Waals surface area contributed by atoms with Gasteiger partial charge in [-0.1, -0.05) is 12.1 Å². The molecule has 7 nitrogen and oxygen atoms in total. The van der Waals surface area contributed by atoms with Crippen molar-refractivity contribution in [2.75, 3.05) is 37.5 Å². The van der Waals surface area contributed by atoms with Crippen molar-refractivity contribution in [2.45, 2.75) is 11.3 Å². The number of primary amides is 1. The SMILES string of the molecule is COc1ccccc1N(CCC(N)=O)C(=O)CSc1ccc2c(c1)OCCO2. The molecule has 2 N–H and O–H groups in total. The van der Waals surface area contributed by atoms with Crippen LogP contribution in [-0.4, -0.2) is 44.4 Å². The standard InChI is InChI=1S/C20H22N2O5S/c1-25-16-5-3-2-4-15(16)22(9-8-19(21)23)20(24)13-28-14-6-7-17-18(12-14)27-11-10-26-17/h2-7,12H,8-11,13H2,1H3,(H2,21,23). The maximum atomic E-state index is 12.9. The van der Waals surface area contributed by atoms with Gasteiger partial charge in [-0.3, -0.25) is 9.59 Å². The molecule has 28 heavy (non-hydrogen) atoms. The third-order valence-electron chi connectivity index (χ3n) is 4.13. The molecule has 8 heteroatoms. The lowest BCUT2D eigenvalue weighted by molar-refractivity contribution is -0.118. The normalized spacial score (nSPS) is 12.3. The van der Waals surface area contributed by atoms with Crippen LogP contribution in [-0.2, 0) is 9.59 Å². The number of hydrogen-bond acceptors (Lipinski definition) is 6. The molecular formula is C20H22N2O5S. The monoisotopic (exact) mass is 402 g/mol. The van der Waals surface area contributed by atoms with Gasteiger partial charge in [0, 0.05) is 17.9 Å². The van der Waals surface area contributed by atoms with Gasteiger partial charge in [0.2, 0.25) is 11.8 Å². The molecule has 0 saturated heterocycles. The van der Waals surface area contributed by atoms with Crippen molar-refractivity contribution in [3.05, 3.63) is 42.5 Å². The molecule has 2 aromatic carbocycles. The molecular weight excluding hydrogens is 380 g/mol. The highest BCUT2D eigenvalue weighted by molar-refractivity contribution is 8.00. The van der Waals surface area contributed by atoms with Crippen molar-refractivity contribution in [3.63, 3.8) is 0 Å². The number of anilines is 1. The lowest BCUT2D eigenvalue weighted by Crippen LogP contribution is -2.35. The van der Waals surface area contributed by atoms with Crippen molar-refractivity contribution in [1.82, 2.24) is 0 Å². The second-order valence-electron chi connectivity index (χ2n) is 6.03. The van der Waals surface area contributed by atoms with Gasteiger partial charge in [0.15, 0.2) is 11.5 Å². The first-order valence-electron chi connectivity index (χ1n) is 8.82. The summed E-state index contributed by atoms with van der Waals surface area (Å²) in [5.74, 6) is 1.52. The number of fused-ring (bicyclic) bond motifs is 1. The summed E-state index contributed by atoms with van der Waals surface area (Å²) >= 11 is 1.39. The molecule has 0 atom stereocenters. The first-order valence-corrected chi connectivity index (χ1v) is 9.81. The van der Waals surface area contributed by atoms with Gasteiger partial charge in [0.25, 0.3) is 0 Å². The topological polar surface area (TPSA) is 91.1 Å². The predicted octanol–water partition coefficient (Wildman–Crippen LogP) is 2.47. The van der Waals surface area contributed by atoms with E-state index in [-0.39, 0.29) is 24.6 Å². The van der Waals surface area contributed by atoms with Crippen LogP contribution in [0.3, 0.4) is 0 Å². The van der Waals surface area contributed by atoms with Gasteiger partial charge in [0.1, 0.15) is 19.0 Å². The van der Waals surface area contributed by atoms with E-state index in [0.717, 1.165) is 4.90 Å².